The molecule has 0 amide bonds. The smallest absolute Gasteiger partial charge is 0.323 e. The molecule has 0 spiro atoms. The fraction of sp³-hybridized carbons (Fsp3) is 0.667. The highest BCUT2D eigenvalue weighted by molar-refractivity contribution is 5.77. The zero-order valence-corrected chi connectivity index (χ0v) is 15.0. The average Bonchev–Trinajstić information content (AvgIpc) is 2.47. The van der Waals surface area contributed by atoms with Crippen molar-refractivity contribution in [3.05, 3.63) is 29.6 Å². The summed E-state index contributed by atoms with van der Waals surface area (Å²) < 4.78 is 0. The molecule has 0 atom stereocenters. The van der Waals surface area contributed by atoms with E-state index in [0.29, 0.717) is 0 Å². The van der Waals surface area contributed by atoms with E-state index in [-0.39, 0.29) is 5.41 Å². The fourth-order valence-electron chi connectivity index (χ4n) is 2.82. The summed E-state index contributed by atoms with van der Waals surface area (Å²) in [6.45, 7) is 14.3. The summed E-state index contributed by atoms with van der Waals surface area (Å²) in [5, 5.41) is 9.32. The molecule has 1 saturated heterocycles. The van der Waals surface area contributed by atoms with Crippen LogP contribution < -0.4 is 0 Å². The van der Waals surface area contributed by atoms with E-state index in [1.165, 1.54) is 5.56 Å². The summed E-state index contributed by atoms with van der Waals surface area (Å²) >= 11 is 0. The van der Waals surface area contributed by atoms with Gasteiger partial charge in [0.15, 0.2) is 0 Å². The maximum atomic E-state index is 11.3. The van der Waals surface area contributed by atoms with Crippen molar-refractivity contribution in [1.82, 2.24) is 14.8 Å². The molecule has 0 unspecified atom stereocenters. The lowest BCUT2D eigenvalue weighted by molar-refractivity contribution is -0.150. The maximum Gasteiger partial charge on any atom is 0.323 e. The van der Waals surface area contributed by atoms with Gasteiger partial charge in [0.2, 0.25) is 0 Å². The molecule has 0 saturated carbocycles. The first-order valence-corrected chi connectivity index (χ1v) is 8.27. The van der Waals surface area contributed by atoms with Gasteiger partial charge in [0, 0.05) is 50.0 Å². The van der Waals surface area contributed by atoms with Crippen molar-refractivity contribution in [2.24, 2.45) is 0 Å². The number of aromatic nitrogens is 1. The Morgan fingerprint density at radius 1 is 1.13 bits per heavy atom. The van der Waals surface area contributed by atoms with Crippen LogP contribution in [-0.2, 0) is 16.8 Å². The normalized spacial score (nSPS) is 18.1. The van der Waals surface area contributed by atoms with Crippen LogP contribution in [0.4, 0.5) is 0 Å². The first-order valence-electron chi connectivity index (χ1n) is 8.27. The van der Waals surface area contributed by atoms with Crippen molar-refractivity contribution in [2.75, 3.05) is 26.2 Å². The van der Waals surface area contributed by atoms with Gasteiger partial charge in [-0.05, 0) is 25.5 Å². The Morgan fingerprint density at radius 3 is 2.17 bits per heavy atom. The highest BCUT2D eigenvalue weighted by atomic mass is 16.4. The highest BCUT2D eigenvalue weighted by Crippen LogP contribution is 2.21. The zero-order valence-electron chi connectivity index (χ0n) is 15.0. The van der Waals surface area contributed by atoms with E-state index >= 15 is 0 Å². The third kappa shape index (κ3) is 4.30. The van der Waals surface area contributed by atoms with Crippen molar-refractivity contribution < 1.29 is 9.90 Å². The summed E-state index contributed by atoms with van der Waals surface area (Å²) in [4.78, 5) is 20.3. The quantitative estimate of drug-likeness (QED) is 0.923. The maximum absolute atomic E-state index is 11.3. The molecule has 1 aromatic heterocycles. The average molecular weight is 319 g/mol. The van der Waals surface area contributed by atoms with Crippen LogP contribution in [0.5, 0.6) is 0 Å². The van der Waals surface area contributed by atoms with Gasteiger partial charge in [-0.1, -0.05) is 26.8 Å². The van der Waals surface area contributed by atoms with Crippen molar-refractivity contribution in [2.45, 2.75) is 52.1 Å². The molecule has 1 N–H and O–H groups in total. The highest BCUT2D eigenvalue weighted by Gasteiger charge is 2.36. The molecule has 1 fully saturated rings. The summed E-state index contributed by atoms with van der Waals surface area (Å²) in [6, 6.07) is 4.26. The van der Waals surface area contributed by atoms with E-state index in [1.807, 2.05) is 11.1 Å². The van der Waals surface area contributed by atoms with E-state index in [4.69, 9.17) is 0 Å². The van der Waals surface area contributed by atoms with Gasteiger partial charge < -0.3 is 5.11 Å². The van der Waals surface area contributed by atoms with Gasteiger partial charge in [0.05, 0.1) is 0 Å². The van der Waals surface area contributed by atoms with Gasteiger partial charge in [-0.15, -0.1) is 0 Å². The van der Waals surface area contributed by atoms with E-state index < -0.39 is 11.5 Å². The summed E-state index contributed by atoms with van der Waals surface area (Å²) in [7, 11) is 0. The number of nitrogens with zero attached hydrogens (tertiary/aromatic N) is 3. The lowest BCUT2D eigenvalue weighted by Crippen LogP contribution is -2.57. The third-order valence-corrected chi connectivity index (χ3v) is 4.69. The second-order valence-corrected chi connectivity index (χ2v) is 7.93. The fourth-order valence-corrected chi connectivity index (χ4v) is 2.82. The monoisotopic (exact) mass is 319 g/mol. The van der Waals surface area contributed by atoms with E-state index in [9.17, 15) is 9.90 Å². The number of carbonyl (C=O) groups is 1. The van der Waals surface area contributed by atoms with E-state index in [1.54, 1.807) is 13.8 Å². The van der Waals surface area contributed by atoms with Gasteiger partial charge >= 0.3 is 5.97 Å². The molecule has 23 heavy (non-hydrogen) atoms. The topological polar surface area (TPSA) is 56.7 Å². The van der Waals surface area contributed by atoms with Crippen molar-refractivity contribution in [3.8, 4) is 0 Å². The van der Waals surface area contributed by atoms with Gasteiger partial charge in [-0.3, -0.25) is 19.6 Å². The number of piperazine rings is 1. The van der Waals surface area contributed by atoms with Crippen LogP contribution in [0.3, 0.4) is 0 Å². The molecule has 0 bridgehead atoms. The van der Waals surface area contributed by atoms with Gasteiger partial charge in [0.25, 0.3) is 0 Å². The lowest BCUT2D eigenvalue weighted by atomic mass is 9.91. The molecular formula is C18H29N3O2. The molecule has 0 aliphatic carbocycles. The molecule has 2 rings (SSSR count). The Morgan fingerprint density at radius 2 is 1.74 bits per heavy atom. The largest absolute Gasteiger partial charge is 0.480 e. The first kappa shape index (κ1) is 17.9. The number of aliphatic carboxylic acids is 1. The van der Waals surface area contributed by atoms with Crippen LogP contribution in [0.25, 0.3) is 0 Å². The second kappa shape index (κ2) is 6.57. The van der Waals surface area contributed by atoms with Crippen LogP contribution in [0.1, 0.15) is 45.9 Å². The molecule has 0 radical (unpaired) electrons. The van der Waals surface area contributed by atoms with Crippen molar-refractivity contribution in [3.63, 3.8) is 0 Å². The predicted molar refractivity (Wildman–Crippen MR) is 91.5 cm³/mol. The Labute approximate surface area is 139 Å². The molecule has 1 aliphatic heterocycles. The molecule has 0 aromatic carbocycles. The number of hydrogen-bond acceptors (Lipinski definition) is 4. The van der Waals surface area contributed by atoms with Crippen LogP contribution in [-0.4, -0.2) is 57.6 Å². The molecular weight excluding hydrogens is 290 g/mol. The van der Waals surface area contributed by atoms with Gasteiger partial charge in [-0.25, -0.2) is 0 Å². The zero-order chi connectivity index (χ0) is 17.3. The van der Waals surface area contributed by atoms with Crippen LogP contribution in [0.2, 0.25) is 0 Å². The Kier molecular flexibility index (Phi) is 5.11. The minimum Gasteiger partial charge on any atom is -0.480 e. The van der Waals surface area contributed by atoms with E-state index in [0.717, 1.165) is 38.4 Å². The molecule has 5 nitrogen and oxygen atoms in total. The summed E-state index contributed by atoms with van der Waals surface area (Å²) in [5.41, 5.74) is 1.60. The van der Waals surface area contributed by atoms with Gasteiger partial charge in [-0.2, -0.15) is 0 Å². The Bertz CT molecular complexity index is 538. The molecule has 2 heterocycles. The summed E-state index contributed by atoms with van der Waals surface area (Å²) in [5.74, 6) is -0.757. The molecule has 128 valence electrons. The van der Waals surface area contributed by atoms with E-state index in [2.05, 4.69) is 42.8 Å². The minimum absolute atomic E-state index is 0.0760. The standard InChI is InChI=1S/C18H29N3O2/c1-17(2,3)15-7-6-14(12-19-15)13-20-8-10-21(11-9-20)18(4,5)16(22)23/h6-7,12H,8-11,13H2,1-5H3,(H,22,23). The van der Waals surface area contributed by atoms with Crippen LogP contribution in [0.15, 0.2) is 18.3 Å². The SMILES string of the molecule is CC(C)(C)c1ccc(CN2CCN(C(C)(C)C(=O)O)CC2)cn1. The molecule has 1 aliphatic rings. The summed E-state index contributed by atoms with van der Waals surface area (Å²) in [6.07, 6.45) is 1.97. The van der Waals surface area contributed by atoms with Crippen molar-refractivity contribution in [1.29, 1.82) is 0 Å². The Balaban J connectivity index is 1.91. The van der Waals surface area contributed by atoms with Crippen LogP contribution in [0, 0.1) is 0 Å². The Hall–Kier alpha value is -1.46. The molecule has 1 aromatic rings. The number of pyridine rings is 1. The predicted octanol–water partition coefficient (Wildman–Crippen LogP) is 2.36. The number of hydrogen-bond donors (Lipinski definition) is 1. The van der Waals surface area contributed by atoms with Gasteiger partial charge in [0.1, 0.15) is 5.54 Å². The number of rotatable bonds is 4. The second-order valence-electron chi connectivity index (χ2n) is 7.93. The van der Waals surface area contributed by atoms with Crippen LogP contribution >= 0.6 is 0 Å². The first-order chi connectivity index (χ1) is 10.6. The minimum atomic E-state index is -0.790. The van der Waals surface area contributed by atoms with Crippen molar-refractivity contribution >= 4 is 5.97 Å². The molecule has 5 heteroatoms. The number of carboxylic acid groups (broad SMARTS) is 1. The third-order valence-electron chi connectivity index (χ3n) is 4.69. The lowest BCUT2D eigenvalue weighted by Gasteiger charge is -2.41. The number of carboxylic acids is 1.